The number of anilines is 2. The number of fused-ring (bicyclic) bond motifs is 1. The van der Waals surface area contributed by atoms with Gasteiger partial charge < -0.3 is 19.3 Å². The minimum Gasteiger partial charge on any atom is -0.384 e. The van der Waals surface area contributed by atoms with Crippen molar-refractivity contribution in [2.45, 2.75) is 19.3 Å². The van der Waals surface area contributed by atoms with Crippen LogP contribution in [0.25, 0.3) is 0 Å². The van der Waals surface area contributed by atoms with Crippen LogP contribution >= 0.6 is 0 Å². The first-order valence-corrected chi connectivity index (χ1v) is 9.96. The van der Waals surface area contributed by atoms with E-state index in [9.17, 15) is 4.39 Å². The number of nitrogens with zero attached hydrogens (tertiary/aromatic N) is 4. The molecule has 2 aliphatic rings. The number of halogens is 1. The maximum Gasteiger partial charge on any atom is 0.146 e. The monoisotopic (exact) mass is 386 g/mol. The van der Waals surface area contributed by atoms with E-state index in [-0.39, 0.29) is 5.82 Å². The first-order valence-electron chi connectivity index (χ1n) is 9.96. The number of hydrogen-bond donors (Lipinski definition) is 0. The molecule has 7 heteroatoms. The number of rotatable bonds is 5. The van der Waals surface area contributed by atoms with Crippen molar-refractivity contribution in [1.29, 1.82) is 0 Å². The predicted octanol–water partition coefficient (Wildman–Crippen LogP) is 2.25. The van der Waals surface area contributed by atoms with Crippen molar-refractivity contribution in [1.82, 2.24) is 9.97 Å². The number of benzene rings is 1. The van der Waals surface area contributed by atoms with E-state index in [1.54, 1.807) is 13.2 Å². The number of methoxy groups -OCH3 is 1. The number of ether oxygens (including phenoxy) is 2. The number of para-hydroxylation sites is 1. The van der Waals surface area contributed by atoms with Gasteiger partial charge in [0, 0.05) is 58.1 Å². The van der Waals surface area contributed by atoms with E-state index in [4.69, 9.17) is 19.4 Å². The minimum atomic E-state index is -0.161. The number of hydrogen-bond acceptors (Lipinski definition) is 6. The van der Waals surface area contributed by atoms with Crippen molar-refractivity contribution in [3.63, 3.8) is 0 Å². The van der Waals surface area contributed by atoms with Gasteiger partial charge in [0.05, 0.1) is 31.2 Å². The highest BCUT2D eigenvalue weighted by molar-refractivity contribution is 5.54. The summed E-state index contributed by atoms with van der Waals surface area (Å²) in [4.78, 5) is 14.1. The van der Waals surface area contributed by atoms with Crippen LogP contribution in [0.4, 0.5) is 15.9 Å². The van der Waals surface area contributed by atoms with E-state index in [1.165, 1.54) is 11.6 Å². The molecule has 150 valence electrons. The Kier molecular flexibility index (Phi) is 6.02. The second kappa shape index (κ2) is 8.84. The van der Waals surface area contributed by atoms with Crippen LogP contribution in [0.3, 0.4) is 0 Å². The van der Waals surface area contributed by atoms with Gasteiger partial charge in [-0.25, -0.2) is 14.4 Å². The lowest BCUT2D eigenvalue weighted by molar-refractivity contribution is 0.146. The van der Waals surface area contributed by atoms with Crippen molar-refractivity contribution < 1.29 is 13.9 Å². The van der Waals surface area contributed by atoms with Gasteiger partial charge in [-0.15, -0.1) is 0 Å². The van der Waals surface area contributed by atoms with Gasteiger partial charge in [0.1, 0.15) is 17.5 Å². The fourth-order valence-corrected chi connectivity index (χ4v) is 3.91. The topological polar surface area (TPSA) is 50.7 Å². The zero-order valence-corrected chi connectivity index (χ0v) is 16.4. The van der Waals surface area contributed by atoms with Gasteiger partial charge in [-0.2, -0.15) is 0 Å². The third-order valence-corrected chi connectivity index (χ3v) is 5.40. The summed E-state index contributed by atoms with van der Waals surface area (Å²) in [7, 11) is 1.69. The Labute approximate surface area is 165 Å². The maximum atomic E-state index is 14.1. The fraction of sp³-hybridized carbons (Fsp3) is 0.524. The molecule has 6 nitrogen and oxygen atoms in total. The zero-order chi connectivity index (χ0) is 19.3. The molecule has 4 rings (SSSR count). The molecule has 0 atom stereocenters. The van der Waals surface area contributed by atoms with E-state index in [2.05, 4.69) is 9.80 Å². The first-order chi connectivity index (χ1) is 13.8. The molecule has 0 radical (unpaired) electrons. The molecule has 1 aromatic heterocycles. The van der Waals surface area contributed by atoms with Gasteiger partial charge in [-0.3, -0.25) is 0 Å². The van der Waals surface area contributed by atoms with Crippen LogP contribution in [0.2, 0.25) is 0 Å². The van der Waals surface area contributed by atoms with Crippen LogP contribution in [0.1, 0.15) is 17.1 Å². The molecule has 1 saturated heterocycles. The molecule has 3 heterocycles. The largest absolute Gasteiger partial charge is 0.384 e. The van der Waals surface area contributed by atoms with Crippen LogP contribution < -0.4 is 9.80 Å². The Morgan fingerprint density at radius 2 is 1.79 bits per heavy atom. The average Bonchev–Trinajstić information content (AvgIpc) is 2.98. The lowest BCUT2D eigenvalue weighted by Crippen LogP contribution is -2.47. The molecule has 1 aromatic carbocycles. The zero-order valence-electron chi connectivity index (χ0n) is 16.4. The summed E-state index contributed by atoms with van der Waals surface area (Å²) in [5, 5.41) is 0. The third-order valence-electron chi connectivity index (χ3n) is 5.40. The minimum absolute atomic E-state index is 0.161. The Morgan fingerprint density at radius 1 is 1.04 bits per heavy atom. The van der Waals surface area contributed by atoms with Crippen molar-refractivity contribution >= 4 is 11.5 Å². The van der Waals surface area contributed by atoms with Crippen LogP contribution in [-0.4, -0.2) is 63.1 Å². The second-order valence-corrected chi connectivity index (χ2v) is 7.17. The number of aromatic nitrogens is 2. The van der Waals surface area contributed by atoms with E-state index in [0.29, 0.717) is 31.9 Å². The summed E-state index contributed by atoms with van der Waals surface area (Å²) in [6.07, 6.45) is 2.36. The average molecular weight is 386 g/mol. The Balaban J connectivity index is 1.56. The fourth-order valence-electron chi connectivity index (χ4n) is 3.91. The summed E-state index contributed by atoms with van der Waals surface area (Å²) < 4.78 is 25.0. The van der Waals surface area contributed by atoms with Gasteiger partial charge in [-0.1, -0.05) is 12.1 Å². The Hall–Kier alpha value is -2.25. The summed E-state index contributed by atoms with van der Waals surface area (Å²) >= 11 is 0. The predicted molar refractivity (Wildman–Crippen MR) is 107 cm³/mol. The quantitative estimate of drug-likeness (QED) is 0.786. The van der Waals surface area contributed by atoms with Crippen molar-refractivity contribution in [3.05, 3.63) is 47.2 Å². The Morgan fingerprint density at radius 3 is 2.57 bits per heavy atom. The normalized spacial score (nSPS) is 17.4. The SMILES string of the molecule is COCCc1nc2c(c(N3CCN(c4ccccc4F)CC3)n1)CCOCC2. The molecule has 2 aromatic rings. The van der Waals surface area contributed by atoms with E-state index >= 15 is 0 Å². The maximum absolute atomic E-state index is 14.1. The lowest BCUT2D eigenvalue weighted by Gasteiger charge is -2.37. The highest BCUT2D eigenvalue weighted by Crippen LogP contribution is 2.27. The molecule has 28 heavy (non-hydrogen) atoms. The highest BCUT2D eigenvalue weighted by Gasteiger charge is 2.25. The van der Waals surface area contributed by atoms with Crippen LogP contribution in [0, 0.1) is 5.82 Å². The Bertz CT molecular complexity index is 809. The second-order valence-electron chi connectivity index (χ2n) is 7.17. The summed E-state index contributed by atoms with van der Waals surface area (Å²) in [5.74, 6) is 1.69. The van der Waals surface area contributed by atoms with Crippen molar-refractivity contribution in [3.8, 4) is 0 Å². The van der Waals surface area contributed by atoms with Gasteiger partial charge in [0.25, 0.3) is 0 Å². The summed E-state index contributed by atoms with van der Waals surface area (Å²) in [6.45, 7) is 5.16. The van der Waals surface area contributed by atoms with E-state index < -0.39 is 0 Å². The van der Waals surface area contributed by atoms with Gasteiger partial charge in [-0.05, 0) is 12.1 Å². The van der Waals surface area contributed by atoms with Gasteiger partial charge in [0.2, 0.25) is 0 Å². The van der Waals surface area contributed by atoms with Crippen molar-refractivity contribution in [2.24, 2.45) is 0 Å². The molecule has 0 amide bonds. The molecule has 0 aliphatic carbocycles. The molecule has 1 fully saturated rings. The van der Waals surface area contributed by atoms with Crippen LogP contribution in [0.15, 0.2) is 24.3 Å². The van der Waals surface area contributed by atoms with E-state index in [1.807, 2.05) is 12.1 Å². The molecular weight excluding hydrogens is 359 g/mol. The lowest BCUT2D eigenvalue weighted by atomic mass is 10.1. The van der Waals surface area contributed by atoms with Crippen LogP contribution in [0.5, 0.6) is 0 Å². The number of piperazine rings is 1. The molecule has 0 unspecified atom stereocenters. The molecular formula is C21H27FN4O2. The van der Waals surface area contributed by atoms with E-state index in [0.717, 1.165) is 56.4 Å². The smallest absolute Gasteiger partial charge is 0.146 e. The van der Waals surface area contributed by atoms with Gasteiger partial charge >= 0.3 is 0 Å². The molecule has 0 spiro atoms. The molecule has 0 N–H and O–H groups in total. The summed E-state index contributed by atoms with van der Waals surface area (Å²) in [5.41, 5.74) is 2.99. The molecule has 0 bridgehead atoms. The third kappa shape index (κ3) is 4.10. The van der Waals surface area contributed by atoms with Gasteiger partial charge in [0.15, 0.2) is 0 Å². The highest BCUT2D eigenvalue weighted by atomic mass is 19.1. The van der Waals surface area contributed by atoms with Crippen molar-refractivity contribution in [2.75, 3.05) is 62.9 Å². The summed E-state index contributed by atoms with van der Waals surface area (Å²) in [6, 6.07) is 6.99. The standard InChI is InChI=1S/C21H27FN4O2/c1-27-13-8-20-23-18-7-15-28-14-6-16(18)21(24-20)26-11-9-25(10-12-26)19-5-3-2-4-17(19)22/h2-5H,6-15H2,1H3. The molecule has 0 saturated carbocycles. The van der Waals surface area contributed by atoms with Crippen LogP contribution in [-0.2, 0) is 28.7 Å². The molecule has 2 aliphatic heterocycles. The first kappa shape index (κ1) is 19.1.